The van der Waals surface area contributed by atoms with Crippen molar-refractivity contribution in [2.24, 2.45) is 0 Å². The Kier molecular flexibility index (Phi) is 6.37. The van der Waals surface area contributed by atoms with Gasteiger partial charge in [-0.1, -0.05) is 61.0 Å². The summed E-state index contributed by atoms with van der Waals surface area (Å²) in [5.74, 6) is 0.444. The van der Waals surface area contributed by atoms with Gasteiger partial charge in [-0.25, -0.2) is 4.98 Å². The number of carbonyl (C=O) groups is 1. The van der Waals surface area contributed by atoms with Crippen LogP contribution in [0, 0.1) is 6.92 Å². The largest absolute Gasteiger partial charge is 0.277 e. The molecule has 0 aliphatic carbocycles. The Bertz CT molecular complexity index is 1300. The highest BCUT2D eigenvalue weighted by molar-refractivity contribution is 6.30. The molecular weight excluding hydrogens is 426 g/mol. The zero-order valence-corrected chi connectivity index (χ0v) is 18.8. The first-order valence-electron chi connectivity index (χ1n) is 10.5. The third kappa shape index (κ3) is 4.57. The van der Waals surface area contributed by atoms with Crippen molar-refractivity contribution in [1.82, 2.24) is 19.6 Å². The van der Waals surface area contributed by atoms with Crippen molar-refractivity contribution in [1.29, 1.82) is 0 Å². The van der Waals surface area contributed by atoms with Crippen LogP contribution in [0.15, 0.2) is 59.4 Å². The topological polar surface area (TPSA) is 83.4 Å². The quantitative estimate of drug-likeness (QED) is 0.456. The number of fused-ring (bicyclic) bond motifs is 1. The molecule has 0 spiro atoms. The lowest BCUT2D eigenvalue weighted by molar-refractivity contribution is -0.118. The van der Waals surface area contributed by atoms with Gasteiger partial charge >= 0.3 is 0 Å². The van der Waals surface area contributed by atoms with E-state index < -0.39 is 0 Å². The van der Waals surface area contributed by atoms with Crippen molar-refractivity contribution in [2.45, 2.75) is 39.7 Å². The Hall–Kier alpha value is -3.45. The second-order valence-corrected chi connectivity index (χ2v) is 8.12. The molecule has 4 aromatic rings. The van der Waals surface area contributed by atoms with E-state index in [1.54, 1.807) is 17.0 Å². The number of aromatic amines is 1. The summed E-state index contributed by atoms with van der Waals surface area (Å²) < 4.78 is 1.31. The van der Waals surface area contributed by atoms with Gasteiger partial charge in [0.1, 0.15) is 0 Å². The number of halogens is 1. The van der Waals surface area contributed by atoms with Crippen LogP contribution >= 0.6 is 11.6 Å². The second-order valence-electron chi connectivity index (χ2n) is 7.68. The van der Waals surface area contributed by atoms with Gasteiger partial charge in [-0.2, -0.15) is 9.50 Å². The lowest BCUT2D eigenvalue weighted by Gasteiger charge is -2.19. The summed E-state index contributed by atoms with van der Waals surface area (Å²) >= 11 is 5.99. The number of nitrogens with one attached hydrogen (secondary N) is 1. The minimum atomic E-state index is -0.218. The van der Waals surface area contributed by atoms with Crippen molar-refractivity contribution < 1.29 is 4.79 Å². The molecule has 2 heterocycles. The predicted molar refractivity (Wildman–Crippen MR) is 125 cm³/mol. The Morgan fingerprint density at radius 1 is 1.06 bits per heavy atom. The van der Waals surface area contributed by atoms with Crippen LogP contribution in [0.25, 0.3) is 5.78 Å². The smallest absolute Gasteiger partial charge is 0.277 e. The number of amides is 1. The van der Waals surface area contributed by atoms with Crippen LogP contribution in [0.5, 0.6) is 0 Å². The first kappa shape index (κ1) is 21.8. The number of rotatable bonds is 7. The molecule has 7 nitrogen and oxygen atoms in total. The Morgan fingerprint density at radius 3 is 2.47 bits per heavy atom. The number of benzene rings is 2. The van der Waals surface area contributed by atoms with Crippen molar-refractivity contribution in [2.75, 3.05) is 4.90 Å². The van der Waals surface area contributed by atoms with E-state index in [4.69, 9.17) is 11.6 Å². The third-order valence-corrected chi connectivity index (χ3v) is 5.53. The predicted octanol–water partition coefficient (Wildman–Crippen LogP) is 4.30. The summed E-state index contributed by atoms with van der Waals surface area (Å²) in [6, 6.07) is 17.1. The van der Waals surface area contributed by atoms with Crippen LogP contribution in [0.2, 0.25) is 5.02 Å². The zero-order valence-electron chi connectivity index (χ0n) is 18.0. The van der Waals surface area contributed by atoms with Gasteiger partial charge in [-0.05, 0) is 36.6 Å². The monoisotopic (exact) mass is 449 g/mol. The van der Waals surface area contributed by atoms with Crippen LogP contribution in [-0.2, 0) is 17.8 Å². The number of nitrogens with zero attached hydrogens (tertiary/aromatic N) is 4. The molecule has 0 bridgehead atoms. The van der Waals surface area contributed by atoms with Gasteiger partial charge in [0.2, 0.25) is 11.9 Å². The van der Waals surface area contributed by atoms with Crippen molar-refractivity contribution in [3.8, 4) is 0 Å². The van der Waals surface area contributed by atoms with Crippen LogP contribution in [0.3, 0.4) is 0 Å². The average Bonchev–Trinajstić information content (AvgIpc) is 3.21. The number of aromatic nitrogens is 4. The minimum absolute atomic E-state index is 0.0872. The van der Waals surface area contributed by atoms with Crippen LogP contribution < -0.4 is 10.5 Å². The van der Waals surface area contributed by atoms with E-state index in [9.17, 15) is 9.59 Å². The standard InChI is InChI=1S/C24H24ClN5O2/c1-3-7-21(31)29(15-18-10-12-19(25)13-11-18)24-27-23-26-16(2)20(22(32)30(23)28-24)14-17-8-5-4-6-9-17/h4-6,8-13H,3,7,14-15H2,1-2H3,(H,26,27,28). The zero-order chi connectivity index (χ0) is 22.7. The van der Waals surface area contributed by atoms with E-state index in [1.165, 1.54) is 4.52 Å². The van der Waals surface area contributed by atoms with E-state index in [1.807, 2.05) is 56.3 Å². The van der Waals surface area contributed by atoms with Gasteiger partial charge in [-0.3, -0.25) is 19.6 Å². The summed E-state index contributed by atoms with van der Waals surface area (Å²) in [4.78, 5) is 36.6. The van der Waals surface area contributed by atoms with Gasteiger partial charge in [0.25, 0.3) is 11.3 Å². The summed E-state index contributed by atoms with van der Waals surface area (Å²) in [6.07, 6.45) is 1.54. The lowest BCUT2D eigenvalue weighted by atomic mass is 10.1. The number of aryl methyl sites for hydroxylation is 1. The Balaban J connectivity index is 1.73. The van der Waals surface area contributed by atoms with Crippen LogP contribution in [-0.4, -0.2) is 25.5 Å². The minimum Gasteiger partial charge on any atom is -0.277 e. The van der Waals surface area contributed by atoms with Gasteiger partial charge in [0, 0.05) is 23.4 Å². The molecule has 0 saturated heterocycles. The van der Waals surface area contributed by atoms with Crippen molar-refractivity contribution >= 4 is 29.2 Å². The number of hydrogen-bond acceptors (Lipinski definition) is 4. The maximum Gasteiger partial charge on any atom is 0.277 e. The highest BCUT2D eigenvalue weighted by Crippen LogP contribution is 2.18. The van der Waals surface area contributed by atoms with Gasteiger partial charge in [0.15, 0.2) is 0 Å². The highest BCUT2D eigenvalue weighted by atomic mass is 35.5. The van der Waals surface area contributed by atoms with Crippen LogP contribution in [0.4, 0.5) is 5.95 Å². The summed E-state index contributed by atoms with van der Waals surface area (Å²) in [5, 5.41) is 3.62. The third-order valence-electron chi connectivity index (χ3n) is 5.28. The SMILES string of the molecule is CCCC(=O)N(Cc1ccc(Cl)cc1)c1nc2nc(C)c(Cc3ccccc3)c(=O)n2[nH]1. The molecule has 8 heteroatoms. The van der Waals surface area contributed by atoms with E-state index >= 15 is 0 Å². The summed E-state index contributed by atoms with van der Waals surface area (Å²) in [6.45, 7) is 4.06. The molecule has 0 saturated carbocycles. The van der Waals surface area contributed by atoms with E-state index in [0.29, 0.717) is 48.0 Å². The fraction of sp³-hybridized carbons (Fsp3) is 0.250. The second kappa shape index (κ2) is 9.36. The molecule has 2 aromatic heterocycles. The molecule has 0 atom stereocenters. The van der Waals surface area contributed by atoms with E-state index in [-0.39, 0.29) is 17.2 Å². The molecular formula is C24H24ClN5O2. The summed E-state index contributed by atoms with van der Waals surface area (Å²) in [7, 11) is 0. The van der Waals surface area contributed by atoms with E-state index in [2.05, 4.69) is 15.1 Å². The number of carbonyl (C=O) groups excluding carboxylic acids is 1. The normalized spacial score (nSPS) is 11.1. The first-order valence-corrected chi connectivity index (χ1v) is 10.9. The molecule has 0 unspecified atom stereocenters. The maximum absolute atomic E-state index is 13.2. The van der Waals surface area contributed by atoms with Crippen LogP contribution in [0.1, 0.15) is 42.1 Å². The van der Waals surface area contributed by atoms with E-state index in [0.717, 1.165) is 11.1 Å². The fourth-order valence-corrected chi connectivity index (χ4v) is 3.70. The molecule has 0 fully saturated rings. The van der Waals surface area contributed by atoms with Crippen molar-refractivity contribution in [3.05, 3.63) is 92.4 Å². The maximum atomic E-state index is 13.2. The average molecular weight is 450 g/mol. The number of H-pyrrole nitrogens is 1. The molecule has 32 heavy (non-hydrogen) atoms. The number of hydrogen-bond donors (Lipinski definition) is 1. The highest BCUT2D eigenvalue weighted by Gasteiger charge is 2.21. The molecule has 0 radical (unpaired) electrons. The fourth-order valence-electron chi connectivity index (χ4n) is 3.57. The van der Waals surface area contributed by atoms with Crippen molar-refractivity contribution in [3.63, 3.8) is 0 Å². The molecule has 0 aliphatic rings. The molecule has 0 aliphatic heterocycles. The molecule has 4 rings (SSSR count). The van der Waals surface area contributed by atoms with Gasteiger partial charge in [-0.15, -0.1) is 0 Å². The molecule has 1 amide bonds. The number of anilines is 1. The lowest BCUT2D eigenvalue weighted by Crippen LogP contribution is -2.31. The van der Waals surface area contributed by atoms with Gasteiger partial charge in [0.05, 0.1) is 12.2 Å². The molecule has 2 aromatic carbocycles. The first-order chi connectivity index (χ1) is 15.5. The Morgan fingerprint density at radius 2 is 1.78 bits per heavy atom. The Labute approximate surface area is 190 Å². The molecule has 164 valence electrons. The van der Waals surface area contributed by atoms with Gasteiger partial charge < -0.3 is 0 Å². The molecule has 1 N–H and O–H groups in total. The summed E-state index contributed by atoms with van der Waals surface area (Å²) in [5.41, 5.74) is 2.93.